The average Bonchev–Trinajstić information content (AvgIpc) is 3.49. The molecule has 1 radical (unpaired) electrons. The van der Waals surface area contributed by atoms with Crippen molar-refractivity contribution >= 4 is 22.7 Å². The van der Waals surface area contributed by atoms with Crippen LogP contribution < -0.4 is 9.80 Å². The first-order chi connectivity index (χ1) is 20.7. The van der Waals surface area contributed by atoms with E-state index in [-0.39, 0.29) is 22.4 Å². The van der Waals surface area contributed by atoms with Crippen molar-refractivity contribution in [2.45, 2.75) is 85.5 Å². The van der Waals surface area contributed by atoms with Gasteiger partial charge in [-0.1, -0.05) is 151 Å². The maximum absolute atomic E-state index is 4.61. The van der Waals surface area contributed by atoms with Crippen molar-refractivity contribution in [1.82, 2.24) is 0 Å². The Kier molecular flexibility index (Phi) is 11.2. The molecular formula is C40H47AuN3-2. The van der Waals surface area contributed by atoms with Gasteiger partial charge in [0.2, 0.25) is 0 Å². The van der Waals surface area contributed by atoms with Crippen LogP contribution in [-0.2, 0) is 28.8 Å². The Morgan fingerprint density at radius 1 is 0.500 bits per heavy atom. The minimum Gasteiger partial charge on any atom is -0.657 e. The summed E-state index contributed by atoms with van der Waals surface area (Å²) in [5, 5.41) is 4.61. The fourth-order valence-corrected chi connectivity index (χ4v) is 6.11. The molecule has 4 heteroatoms. The van der Waals surface area contributed by atoms with E-state index in [9.17, 15) is 0 Å². The van der Waals surface area contributed by atoms with Crippen LogP contribution in [0.1, 0.15) is 112 Å². The van der Waals surface area contributed by atoms with Crippen molar-refractivity contribution in [2.75, 3.05) is 9.80 Å². The third-order valence-electron chi connectivity index (χ3n) is 8.44. The molecule has 0 N–H and O–H groups in total. The van der Waals surface area contributed by atoms with Gasteiger partial charge in [0.05, 0.1) is 0 Å². The molecule has 3 nitrogen and oxygen atoms in total. The molecule has 4 aromatic carbocycles. The van der Waals surface area contributed by atoms with Gasteiger partial charge in [0.15, 0.2) is 0 Å². The Hall–Kier alpha value is -3.24. The average molecular weight is 767 g/mol. The summed E-state index contributed by atoms with van der Waals surface area (Å²) in [7, 11) is 0. The van der Waals surface area contributed by atoms with Crippen LogP contribution in [0.4, 0.5) is 22.7 Å². The predicted octanol–water partition coefficient (Wildman–Crippen LogP) is 12.0. The maximum Gasteiger partial charge on any atom is 0.0195 e. The molecule has 235 valence electrons. The third kappa shape index (κ3) is 7.18. The Morgan fingerprint density at radius 3 is 1.18 bits per heavy atom. The number of fused-ring (bicyclic) bond motifs is 2. The van der Waals surface area contributed by atoms with Crippen molar-refractivity contribution in [1.29, 1.82) is 0 Å². The van der Waals surface area contributed by atoms with Gasteiger partial charge in [0, 0.05) is 33.8 Å². The smallest absolute Gasteiger partial charge is 0.0195 e. The van der Waals surface area contributed by atoms with Gasteiger partial charge in [-0.15, -0.1) is 18.0 Å². The summed E-state index contributed by atoms with van der Waals surface area (Å²) in [5.74, 6) is 1.92. The van der Waals surface area contributed by atoms with Crippen LogP contribution in [0.15, 0.2) is 97.3 Å². The second-order valence-corrected chi connectivity index (χ2v) is 13.0. The van der Waals surface area contributed by atoms with E-state index in [1.54, 1.807) is 0 Å². The summed E-state index contributed by atoms with van der Waals surface area (Å²) in [4.78, 5) is 4.65. The molecule has 0 spiro atoms. The second-order valence-electron chi connectivity index (χ2n) is 13.0. The van der Waals surface area contributed by atoms with Crippen LogP contribution in [-0.4, -0.2) is 0 Å². The molecule has 0 atom stereocenters. The van der Waals surface area contributed by atoms with Crippen LogP contribution in [0.3, 0.4) is 0 Å². The summed E-state index contributed by atoms with van der Waals surface area (Å²) in [6.07, 6.45) is 5.44. The molecule has 0 saturated heterocycles. The van der Waals surface area contributed by atoms with Crippen LogP contribution in [0.5, 0.6) is 0 Å². The molecule has 0 aliphatic carbocycles. The normalized spacial score (nSPS) is 13.5. The molecule has 0 bridgehead atoms. The zero-order valence-electron chi connectivity index (χ0n) is 27.5. The summed E-state index contributed by atoms with van der Waals surface area (Å²) >= 11 is 0. The van der Waals surface area contributed by atoms with E-state index in [0.717, 1.165) is 17.8 Å². The van der Waals surface area contributed by atoms with Gasteiger partial charge in [-0.25, -0.2) is 0 Å². The van der Waals surface area contributed by atoms with Crippen LogP contribution >= 0.6 is 0 Å². The van der Waals surface area contributed by atoms with Crippen molar-refractivity contribution in [2.24, 2.45) is 0 Å². The van der Waals surface area contributed by atoms with E-state index in [0.29, 0.717) is 23.7 Å². The fourth-order valence-electron chi connectivity index (χ4n) is 6.11. The molecular weight excluding hydrogens is 719 g/mol. The molecule has 6 rings (SSSR count). The molecule has 0 aromatic heterocycles. The van der Waals surface area contributed by atoms with Crippen molar-refractivity contribution in [3.63, 3.8) is 0 Å². The van der Waals surface area contributed by atoms with Crippen molar-refractivity contribution in [3.8, 4) is 0 Å². The molecule has 0 saturated carbocycles. The van der Waals surface area contributed by atoms with Crippen LogP contribution in [0.25, 0.3) is 5.32 Å². The molecule has 2 aliphatic heterocycles. The first-order valence-electron chi connectivity index (χ1n) is 15.9. The van der Waals surface area contributed by atoms with Gasteiger partial charge in [0.25, 0.3) is 0 Å². The van der Waals surface area contributed by atoms with Gasteiger partial charge in [-0.05, 0) is 64.7 Å². The Labute approximate surface area is 281 Å². The standard InChI is InChI=1S/C27H37N2.C13H10N.Au/c1-18(2)22-11-9-12-23(19(3)4)26(22)28-15-16-29(17-28)27-24(20(5)6)13-10-14-25(27)21(7)8;1-3-7-12-10(5-1)9-11-6-2-4-8-13(11)14-12;/h9-21H,1-8H3;1-8H,9H2;/q2*-1;. The van der Waals surface area contributed by atoms with E-state index >= 15 is 0 Å². The summed E-state index contributed by atoms with van der Waals surface area (Å²) in [6.45, 7) is 20.5. The van der Waals surface area contributed by atoms with Crippen LogP contribution in [0, 0.1) is 6.67 Å². The van der Waals surface area contributed by atoms with Gasteiger partial charge in [-0.2, -0.15) is 0 Å². The monoisotopic (exact) mass is 766 g/mol. The largest absolute Gasteiger partial charge is 0.657 e. The molecule has 44 heavy (non-hydrogen) atoms. The predicted molar refractivity (Wildman–Crippen MR) is 186 cm³/mol. The topological polar surface area (TPSA) is 20.6 Å². The van der Waals surface area contributed by atoms with E-state index in [1.165, 1.54) is 44.8 Å². The summed E-state index contributed by atoms with van der Waals surface area (Å²) in [6, 6.07) is 30.2. The number of rotatable bonds is 6. The number of anilines is 2. The molecule has 0 unspecified atom stereocenters. The van der Waals surface area contributed by atoms with Gasteiger partial charge in [-0.3, -0.25) is 0 Å². The Morgan fingerprint density at radius 2 is 0.841 bits per heavy atom. The maximum atomic E-state index is 4.61. The Bertz CT molecular complexity index is 1370. The van der Waals surface area contributed by atoms with Gasteiger partial charge >= 0.3 is 0 Å². The molecule has 2 heterocycles. The Balaban J connectivity index is 0.000000244. The molecule has 0 fully saturated rings. The number of benzene rings is 4. The second kappa shape index (κ2) is 14.7. The summed E-state index contributed by atoms with van der Waals surface area (Å²) < 4.78 is 0. The molecule has 0 amide bonds. The zero-order chi connectivity index (χ0) is 30.7. The third-order valence-corrected chi connectivity index (χ3v) is 8.44. The number of hydrogen-bond acceptors (Lipinski definition) is 2. The number of nitrogens with zero attached hydrogens (tertiary/aromatic N) is 3. The molecule has 4 aromatic rings. The fraction of sp³-hybridized carbons (Fsp3) is 0.325. The number of hydrogen-bond donors (Lipinski definition) is 0. The van der Waals surface area contributed by atoms with Crippen molar-refractivity contribution in [3.05, 3.63) is 143 Å². The van der Waals surface area contributed by atoms with E-state index in [4.69, 9.17) is 0 Å². The minimum absolute atomic E-state index is 0. The number of para-hydroxylation sites is 4. The van der Waals surface area contributed by atoms with Gasteiger partial charge in [0.1, 0.15) is 0 Å². The van der Waals surface area contributed by atoms with Crippen LogP contribution in [0.2, 0.25) is 0 Å². The molecule has 2 aliphatic rings. The summed E-state index contributed by atoms with van der Waals surface area (Å²) in [5.41, 5.74) is 13.2. The SMILES string of the molecule is CC(C)c1cccc(C(C)C)c1N1C=CN(c2c(C(C)C)cccc2C(C)C)[CH-]1.[Au].c1ccc2c(c1)Cc1ccccc1[N-]2. The minimum atomic E-state index is 0. The van der Waals surface area contributed by atoms with Gasteiger partial charge < -0.3 is 15.1 Å². The zero-order valence-corrected chi connectivity index (χ0v) is 29.6. The van der Waals surface area contributed by atoms with Crippen molar-refractivity contribution < 1.29 is 22.4 Å². The van der Waals surface area contributed by atoms with E-state index in [2.05, 4.69) is 162 Å². The van der Waals surface area contributed by atoms with E-state index in [1.807, 2.05) is 12.1 Å². The first-order valence-corrected chi connectivity index (χ1v) is 15.9. The van der Waals surface area contributed by atoms with E-state index < -0.39 is 0 Å². The quantitative estimate of drug-likeness (QED) is 0.127. The first kappa shape index (κ1) is 33.6.